The molecule has 2 atom stereocenters. The monoisotopic (exact) mass is 321 g/mol. The second-order valence-corrected chi connectivity index (χ2v) is 8.19. The molecule has 1 saturated heterocycles. The predicted molar refractivity (Wildman–Crippen MR) is 79.6 cm³/mol. The first-order chi connectivity index (χ1) is 8.90. The summed E-state index contributed by atoms with van der Waals surface area (Å²) in [5.41, 5.74) is 6.94. The molecule has 1 aliphatic rings. The summed E-state index contributed by atoms with van der Waals surface area (Å²) in [7, 11) is -3.06. The second-order valence-electron chi connectivity index (χ2n) is 5.00. The minimum absolute atomic E-state index is 0.250. The van der Waals surface area contributed by atoms with Crippen molar-refractivity contribution >= 4 is 33.0 Å². The summed E-state index contributed by atoms with van der Waals surface area (Å²) in [6.07, 6.45) is 2.77. The molecule has 19 heavy (non-hydrogen) atoms. The van der Waals surface area contributed by atoms with Crippen molar-refractivity contribution < 1.29 is 8.42 Å². The molecule has 0 amide bonds. The van der Waals surface area contributed by atoms with E-state index in [1.54, 1.807) is 18.2 Å². The summed E-state index contributed by atoms with van der Waals surface area (Å²) >= 11 is 11.9. The van der Waals surface area contributed by atoms with Crippen LogP contribution in [0.2, 0.25) is 10.0 Å². The summed E-state index contributed by atoms with van der Waals surface area (Å²) in [5.74, 6) is 0.250. The Hall–Kier alpha value is -0.290. The zero-order chi connectivity index (χ0) is 14.0. The first kappa shape index (κ1) is 15.1. The van der Waals surface area contributed by atoms with Crippen LogP contribution in [0.1, 0.15) is 24.8 Å². The van der Waals surface area contributed by atoms with Gasteiger partial charge in [-0.2, -0.15) is 0 Å². The van der Waals surface area contributed by atoms with Crippen molar-refractivity contribution in [1.29, 1.82) is 0 Å². The Morgan fingerprint density at radius 2 is 2.05 bits per heavy atom. The van der Waals surface area contributed by atoms with Crippen molar-refractivity contribution in [2.24, 2.45) is 5.73 Å². The standard InChI is InChI=1S/C13H17Cl2NO2S/c14-10-5-4-9(11(15)8-10)7-12(16)13-3-1-2-6-19(13,17)18/h4-5,8,12-13H,1-3,6-7,16H2. The van der Waals surface area contributed by atoms with Crippen LogP contribution in [0.5, 0.6) is 0 Å². The van der Waals surface area contributed by atoms with Gasteiger partial charge < -0.3 is 5.73 Å². The average molecular weight is 322 g/mol. The maximum Gasteiger partial charge on any atom is 0.154 e. The number of rotatable bonds is 3. The molecule has 0 bridgehead atoms. The molecule has 0 saturated carbocycles. The van der Waals surface area contributed by atoms with Gasteiger partial charge >= 0.3 is 0 Å². The van der Waals surface area contributed by atoms with Gasteiger partial charge in [-0.05, 0) is 37.0 Å². The summed E-state index contributed by atoms with van der Waals surface area (Å²) in [6.45, 7) is 0. The molecule has 106 valence electrons. The third-order valence-corrected chi connectivity index (χ3v) is 6.53. The van der Waals surface area contributed by atoms with Gasteiger partial charge in [0, 0.05) is 16.1 Å². The molecule has 1 aromatic carbocycles. The summed E-state index contributed by atoms with van der Waals surface area (Å²) in [4.78, 5) is 0. The fraction of sp³-hybridized carbons (Fsp3) is 0.538. The topological polar surface area (TPSA) is 60.2 Å². The van der Waals surface area contributed by atoms with Crippen LogP contribution >= 0.6 is 23.2 Å². The van der Waals surface area contributed by atoms with E-state index in [1.165, 1.54) is 0 Å². The largest absolute Gasteiger partial charge is 0.326 e. The van der Waals surface area contributed by atoms with Crippen molar-refractivity contribution in [3.8, 4) is 0 Å². The molecular formula is C13H17Cl2NO2S. The third-order valence-electron chi connectivity index (χ3n) is 3.58. The minimum atomic E-state index is -3.06. The molecule has 2 unspecified atom stereocenters. The number of benzene rings is 1. The number of nitrogens with two attached hydrogens (primary N) is 1. The zero-order valence-corrected chi connectivity index (χ0v) is 12.8. The van der Waals surface area contributed by atoms with Gasteiger partial charge in [-0.15, -0.1) is 0 Å². The normalized spacial score (nSPS) is 24.1. The Kier molecular flexibility index (Phi) is 4.77. The highest BCUT2D eigenvalue weighted by atomic mass is 35.5. The second kappa shape index (κ2) is 6.00. The van der Waals surface area contributed by atoms with Crippen LogP contribution in [0.15, 0.2) is 18.2 Å². The van der Waals surface area contributed by atoms with Gasteiger partial charge in [-0.1, -0.05) is 35.7 Å². The van der Waals surface area contributed by atoms with E-state index in [1.807, 2.05) is 0 Å². The van der Waals surface area contributed by atoms with Gasteiger partial charge in [0.15, 0.2) is 9.84 Å². The van der Waals surface area contributed by atoms with Gasteiger partial charge in [0.25, 0.3) is 0 Å². The summed E-state index contributed by atoms with van der Waals surface area (Å²) in [5, 5.41) is 0.650. The minimum Gasteiger partial charge on any atom is -0.326 e. The first-order valence-corrected chi connectivity index (χ1v) is 8.78. The highest BCUT2D eigenvalue weighted by molar-refractivity contribution is 7.92. The molecule has 1 fully saturated rings. The van der Waals surface area contributed by atoms with Crippen LogP contribution in [-0.4, -0.2) is 25.5 Å². The lowest BCUT2D eigenvalue weighted by molar-refractivity contribution is 0.495. The molecule has 1 aromatic rings. The van der Waals surface area contributed by atoms with E-state index >= 15 is 0 Å². The molecule has 6 heteroatoms. The molecule has 1 aliphatic heterocycles. The number of sulfone groups is 1. The number of halogens is 2. The Bertz CT molecular complexity index is 560. The SMILES string of the molecule is NC(Cc1ccc(Cl)cc1Cl)C1CCCCS1(=O)=O. The predicted octanol–water partition coefficient (Wildman–Crippen LogP) is 2.83. The van der Waals surface area contributed by atoms with E-state index in [9.17, 15) is 8.42 Å². The quantitative estimate of drug-likeness (QED) is 0.931. The number of hydrogen-bond donors (Lipinski definition) is 1. The van der Waals surface area contributed by atoms with Crippen LogP contribution in [0.3, 0.4) is 0 Å². The fourth-order valence-corrected chi connectivity index (χ4v) is 5.08. The lowest BCUT2D eigenvalue weighted by Crippen LogP contribution is -2.44. The Morgan fingerprint density at radius 1 is 1.32 bits per heavy atom. The van der Waals surface area contributed by atoms with Crippen molar-refractivity contribution in [2.45, 2.75) is 37.0 Å². The van der Waals surface area contributed by atoms with Gasteiger partial charge in [0.2, 0.25) is 0 Å². The van der Waals surface area contributed by atoms with E-state index in [2.05, 4.69) is 0 Å². The molecule has 0 aliphatic carbocycles. The zero-order valence-electron chi connectivity index (χ0n) is 10.5. The molecule has 3 nitrogen and oxygen atoms in total. The van der Waals surface area contributed by atoms with Crippen molar-refractivity contribution in [1.82, 2.24) is 0 Å². The smallest absolute Gasteiger partial charge is 0.154 e. The lowest BCUT2D eigenvalue weighted by atomic mass is 10.0. The average Bonchev–Trinajstić information content (AvgIpc) is 2.32. The van der Waals surface area contributed by atoms with E-state index in [0.717, 1.165) is 18.4 Å². The molecular weight excluding hydrogens is 305 g/mol. The first-order valence-electron chi connectivity index (χ1n) is 6.31. The Labute approximate surface area is 124 Å². The van der Waals surface area contributed by atoms with E-state index in [4.69, 9.17) is 28.9 Å². The molecule has 2 N–H and O–H groups in total. The van der Waals surface area contributed by atoms with Gasteiger partial charge in [0.05, 0.1) is 11.0 Å². The highest BCUT2D eigenvalue weighted by Gasteiger charge is 2.33. The van der Waals surface area contributed by atoms with E-state index in [-0.39, 0.29) is 5.75 Å². The maximum absolute atomic E-state index is 12.0. The van der Waals surface area contributed by atoms with E-state index < -0.39 is 21.1 Å². The van der Waals surface area contributed by atoms with Crippen LogP contribution in [0.25, 0.3) is 0 Å². The van der Waals surface area contributed by atoms with Crippen molar-refractivity contribution in [3.63, 3.8) is 0 Å². The van der Waals surface area contributed by atoms with Crippen LogP contribution in [0.4, 0.5) is 0 Å². The van der Waals surface area contributed by atoms with Crippen LogP contribution < -0.4 is 5.73 Å². The molecule has 2 rings (SSSR count). The van der Waals surface area contributed by atoms with Gasteiger partial charge in [-0.3, -0.25) is 0 Å². The summed E-state index contributed by atoms with van der Waals surface area (Å²) in [6, 6.07) is 4.79. The molecule has 0 aromatic heterocycles. The maximum atomic E-state index is 12.0. The van der Waals surface area contributed by atoms with Crippen molar-refractivity contribution in [2.75, 3.05) is 5.75 Å². The Balaban J connectivity index is 2.14. The third kappa shape index (κ3) is 3.63. The van der Waals surface area contributed by atoms with Gasteiger partial charge in [0.1, 0.15) is 0 Å². The van der Waals surface area contributed by atoms with E-state index in [0.29, 0.717) is 22.9 Å². The lowest BCUT2D eigenvalue weighted by Gasteiger charge is -2.27. The molecule has 0 radical (unpaired) electrons. The summed E-state index contributed by atoms with van der Waals surface area (Å²) < 4.78 is 24.0. The molecule has 0 spiro atoms. The fourth-order valence-electron chi connectivity index (χ4n) is 2.53. The van der Waals surface area contributed by atoms with Crippen molar-refractivity contribution in [3.05, 3.63) is 33.8 Å². The molecule has 1 heterocycles. The number of hydrogen-bond acceptors (Lipinski definition) is 3. The van der Waals surface area contributed by atoms with Gasteiger partial charge in [-0.25, -0.2) is 8.42 Å². The van der Waals surface area contributed by atoms with Crippen LogP contribution in [0, 0.1) is 0 Å². The highest BCUT2D eigenvalue weighted by Crippen LogP contribution is 2.26. The van der Waals surface area contributed by atoms with Crippen LogP contribution in [-0.2, 0) is 16.3 Å². The Morgan fingerprint density at radius 3 is 2.68 bits per heavy atom.